The quantitative estimate of drug-likeness (QED) is 0.778. The minimum atomic E-state index is -4.08. The molecule has 0 radical (unpaired) electrons. The molecule has 2 bridgehead atoms. The summed E-state index contributed by atoms with van der Waals surface area (Å²) >= 11 is 0. The van der Waals surface area contributed by atoms with Gasteiger partial charge in [0.2, 0.25) is 0 Å². The van der Waals surface area contributed by atoms with Gasteiger partial charge in [0, 0.05) is 6.54 Å². The Morgan fingerprint density at radius 3 is 2.33 bits per heavy atom. The van der Waals surface area contributed by atoms with E-state index in [2.05, 4.69) is 10.2 Å². The molecule has 2 nitrogen and oxygen atoms in total. The number of rotatable bonds is 3. The maximum Gasteiger partial charge on any atom is 0.401 e. The van der Waals surface area contributed by atoms with Crippen molar-refractivity contribution in [1.82, 2.24) is 10.2 Å². The second-order valence-corrected chi connectivity index (χ2v) is 4.64. The van der Waals surface area contributed by atoms with Gasteiger partial charge >= 0.3 is 6.18 Å². The Labute approximate surface area is 87.8 Å². The van der Waals surface area contributed by atoms with Gasteiger partial charge in [-0.15, -0.1) is 0 Å². The third kappa shape index (κ3) is 3.08. The molecule has 3 heterocycles. The summed E-state index contributed by atoms with van der Waals surface area (Å²) < 4.78 is 35.8. The smallest absolute Gasteiger partial charge is 0.308 e. The molecule has 5 heteroatoms. The number of halogens is 3. The summed E-state index contributed by atoms with van der Waals surface area (Å²) in [6.45, 7) is 2.92. The number of hydrogen-bond acceptors (Lipinski definition) is 2. The fourth-order valence-corrected chi connectivity index (χ4v) is 2.72. The number of alkyl halides is 3. The first-order valence-electron chi connectivity index (χ1n) is 5.54. The van der Waals surface area contributed by atoms with E-state index in [1.807, 2.05) is 0 Å². The molecular formula is C10H17F3N2. The van der Waals surface area contributed by atoms with Crippen molar-refractivity contribution < 1.29 is 13.2 Å². The van der Waals surface area contributed by atoms with Crippen LogP contribution in [-0.2, 0) is 0 Å². The van der Waals surface area contributed by atoms with Crippen LogP contribution in [0.2, 0.25) is 0 Å². The van der Waals surface area contributed by atoms with Gasteiger partial charge in [-0.1, -0.05) is 0 Å². The Kier molecular flexibility index (Phi) is 3.21. The summed E-state index contributed by atoms with van der Waals surface area (Å²) in [5, 5.41) is 2.53. The zero-order chi connectivity index (χ0) is 10.9. The van der Waals surface area contributed by atoms with E-state index in [0.29, 0.717) is 18.4 Å². The molecule has 88 valence electrons. The fraction of sp³-hybridized carbons (Fsp3) is 1.00. The highest BCUT2D eigenvalue weighted by atomic mass is 19.4. The van der Waals surface area contributed by atoms with Gasteiger partial charge in [-0.05, 0) is 44.3 Å². The number of hydrogen-bond donors (Lipinski definition) is 1. The Hall–Kier alpha value is -0.290. The zero-order valence-corrected chi connectivity index (χ0v) is 8.69. The van der Waals surface area contributed by atoms with Gasteiger partial charge in [-0.2, -0.15) is 13.2 Å². The van der Waals surface area contributed by atoms with Crippen LogP contribution in [0.4, 0.5) is 13.2 Å². The minimum absolute atomic E-state index is 0.426. The van der Waals surface area contributed by atoms with E-state index in [-0.39, 0.29) is 0 Å². The molecule has 3 rings (SSSR count). The summed E-state index contributed by atoms with van der Waals surface area (Å²) in [6.07, 6.45) is -1.75. The van der Waals surface area contributed by atoms with Crippen molar-refractivity contribution >= 4 is 0 Å². The van der Waals surface area contributed by atoms with Crippen molar-refractivity contribution in [1.29, 1.82) is 0 Å². The van der Waals surface area contributed by atoms with Crippen LogP contribution in [0, 0.1) is 11.8 Å². The molecule has 3 aliphatic rings. The van der Waals surface area contributed by atoms with E-state index >= 15 is 0 Å². The van der Waals surface area contributed by atoms with E-state index < -0.39 is 12.7 Å². The molecule has 3 saturated heterocycles. The normalized spacial score (nSPS) is 35.8. The van der Waals surface area contributed by atoms with Crippen molar-refractivity contribution in [2.45, 2.75) is 19.0 Å². The molecule has 1 unspecified atom stereocenters. The predicted octanol–water partition coefficient (Wildman–Crippen LogP) is 1.48. The van der Waals surface area contributed by atoms with Gasteiger partial charge in [-0.25, -0.2) is 0 Å². The Morgan fingerprint density at radius 2 is 1.87 bits per heavy atom. The molecule has 0 amide bonds. The van der Waals surface area contributed by atoms with Crippen LogP contribution in [0.3, 0.4) is 0 Å². The van der Waals surface area contributed by atoms with Gasteiger partial charge in [0.25, 0.3) is 0 Å². The summed E-state index contributed by atoms with van der Waals surface area (Å²) in [5.41, 5.74) is 0. The molecule has 0 spiro atoms. The van der Waals surface area contributed by atoms with E-state index in [1.54, 1.807) is 0 Å². The van der Waals surface area contributed by atoms with Crippen LogP contribution in [-0.4, -0.2) is 43.8 Å². The van der Waals surface area contributed by atoms with Crippen molar-refractivity contribution in [3.63, 3.8) is 0 Å². The summed E-state index contributed by atoms with van der Waals surface area (Å²) in [6, 6.07) is 0. The van der Waals surface area contributed by atoms with Gasteiger partial charge in [0.15, 0.2) is 0 Å². The van der Waals surface area contributed by atoms with Crippen LogP contribution in [0.5, 0.6) is 0 Å². The van der Waals surface area contributed by atoms with E-state index in [1.165, 1.54) is 12.8 Å². The second kappa shape index (κ2) is 4.29. The molecule has 3 aliphatic heterocycles. The molecule has 0 aliphatic carbocycles. The largest absolute Gasteiger partial charge is 0.401 e. The highest BCUT2D eigenvalue weighted by Crippen LogP contribution is 2.31. The third-order valence-electron chi connectivity index (χ3n) is 3.52. The Morgan fingerprint density at radius 1 is 1.20 bits per heavy atom. The molecule has 3 fully saturated rings. The number of nitrogens with one attached hydrogen (secondary N) is 1. The molecule has 15 heavy (non-hydrogen) atoms. The van der Waals surface area contributed by atoms with Crippen molar-refractivity contribution in [2.24, 2.45) is 11.8 Å². The van der Waals surface area contributed by atoms with Crippen molar-refractivity contribution in [3.05, 3.63) is 0 Å². The maximum atomic E-state index is 11.9. The molecule has 1 N–H and O–H groups in total. The average Bonchev–Trinajstić information content (AvgIpc) is 2.17. The summed E-state index contributed by atoms with van der Waals surface area (Å²) in [5.74, 6) is 1.07. The Balaban J connectivity index is 1.71. The SMILES string of the molecule is FC(F)(F)CNCC1CN2CCC1CC2. The van der Waals surface area contributed by atoms with E-state index in [4.69, 9.17) is 0 Å². The summed E-state index contributed by atoms with van der Waals surface area (Å²) in [7, 11) is 0. The van der Waals surface area contributed by atoms with E-state index in [0.717, 1.165) is 19.6 Å². The van der Waals surface area contributed by atoms with Crippen molar-refractivity contribution in [2.75, 3.05) is 32.7 Å². The minimum Gasteiger partial charge on any atom is -0.308 e. The van der Waals surface area contributed by atoms with Crippen LogP contribution in [0.1, 0.15) is 12.8 Å². The van der Waals surface area contributed by atoms with Gasteiger partial charge < -0.3 is 10.2 Å². The highest BCUT2D eigenvalue weighted by Gasteiger charge is 2.34. The van der Waals surface area contributed by atoms with Crippen LogP contribution >= 0.6 is 0 Å². The topological polar surface area (TPSA) is 15.3 Å². The van der Waals surface area contributed by atoms with Gasteiger partial charge in [0.05, 0.1) is 6.54 Å². The Bertz CT molecular complexity index is 209. The lowest BCUT2D eigenvalue weighted by Gasteiger charge is -2.45. The number of fused-ring (bicyclic) bond motifs is 3. The van der Waals surface area contributed by atoms with Crippen molar-refractivity contribution in [3.8, 4) is 0 Å². The molecule has 1 atom stereocenters. The van der Waals surface area contributed by atoms with Crippen LogP contribution < -0.4 is 5.32 Å². The molecular weight excluding hydrogens is 205 g/mol. The first kappa shape index (κ1) is 11.2. The third-order valence-corrected chi connectivity index (χ3v) is 3.52. The summed E-state index contributed by atoms with van der Waals surface area (Å²) in [4.78, 5) is 2.36. The lowest BCUT2D eigenvalue weighted by molar-refractivity contribution is -0.125. The predicted molar refractivity (Wildman–Crippen MR) is 51.6 cm³/mol. The van der Waals surface area contributed by atoms with Crippen LogP contribution in [0.15, 0.2) is 0 Å². The zero-order valence-electron chi connectivity index (χ0n) is 8.69. The fourth-order valence-electron chi connectivity index (χ4n) is 2.72. The number of piperidine rings is 3. The second-order valence-electron chi connectivity index (χ2n) is 4.64. The first-order chi connectivity index (χ1) is 7.04. The molecule has 0 aromatic heterocycles. The maximum absolute atomic E-state index is 11.9. The van der Waals surface area contributed by atoms with Gasteiger partial charge in [0.1, 0.15) is 0 Å². The monoisotopic (exact) mass is 222 g/mol. The molecule has 0 aromatic carbocycles. The lowest BCUT2D eigenvalue weighted by Crippen LogP contribution is -2.50. The number of nitrogens with zero attached hydrogens (tertiary/aromatic N) is 1. The van der Waals surface area contributed by atoms with Gasteiger partial charge in [-0.3, -0.25) is 0 Å². The van der Waals surface area contributed by atoms with E-state index in [9.17, 15) is 13.2 Å². The lowest BCUT2D eigenvalue weighted by atomic mass is 9.79. The average molecular weight is 222 g/mol. The first-order valence-corrected chi connectivity index (χ1v) is 5.54. The van der Waals surface area contributed by atoms with Crippen LogP contribution in [0.25, 0.3) is 0 Å². The molecule has 0 aromatic rings. The standard InChI is InChI=1S/C10H17F3N2/c11-10(12,13)7-14-5-9-6-15-3-1-8(9)2-4-15/h8-9,14H,1-7H2. The molecule has 0 saturated carbocycles. The highest BCUT2D eigenvalue weighted by molar-refractivity contribution is 4.87.